The Bertz CT molecular complexity index is 3250. The van der Waals surface area contributed by atoms with E-state index in [1.54, 1.807) is 0 Å². The second kappa shape index (κ2) is 15.8. The van der Waals surface area contributed by atoms with Crippen LogP contribution < -0.4 is 9.80 Å². The van der Waals surface area contributed by atoms with E-state index in [1.807, 2.05) is 0 Å². The number of hydrogen-bond donors (Lipinski definition) is 0. The first kappa shape index (κ1) is 41.3. The highest BCUT2D eigenvalue weighted by atomic mass is 15.1. The zero-order chi connectivity index (χ0) is 45.7. The van der Waals surface area contributed by atoms with Gasteiger partial charge in [0.05, 0.1) is 0 Å². The SMILES string of the molecule is CC1(C)c2ccccc2-c2ccc(-c3cccc(-c4c5ccc(N6CCCCC6)cc5c(-c5cccc(-c6ccc7c(c6)C(C)(C)c6ccccc6-7)c5)c5ccc(N6CCCCC6)cc45)c3)cc21. The van der Waals surface area contributed by atoms with Crippen LogP contribution in [0.4, 0.5) is 11.4 Å². The number of hydrogen-bond acceptors (Lipinski definition) is 2. The van der Waals surface area contributed by atoms with Gasteiger partial charge in [-0.3, -0.25) is 0 Å². The largest absolute Gasteiger partial charge is 0.372 e. The fourth-order valence-electron chi connectivity index (χ4n) is 13.0. The molecule has 2 fully saturated rings. The predicted octanol–water partition coefficient (Wildman–Crippen LogP) is 17.3. The van der Waals surface area contributed by atoms with Crippen LogP contribution in [0.5, 0.6) is 0 Å². The Labute approximate surface area is 402 Å². The van der Waals surface area contributed by atoms with Crippen LogP contribution in [0.25, 0.3) is 88.3 Å². The smallest absolute Gasteiger partial charge is 0.0372 e. The van der Waals surface area contributed by atoms with E-state index < -0.39 is 0 Å². The van der Waals surface area contributed by atoms with E-state index >= 15 is 0 Å². The highest BCUT2D eigenvalue weighted by Crippen LogP contribution is 2.52. The Morgan fingerprint density at radius 2 is 0.676 bits per heavy atom. The van der Waals surface area contributed by atoms with E-state index in [2.05, 4.69) is 207 Å². The first-order chi connectivity index (χ1) is 33.2. The number of nitrogens with zero attached hydrogens (tertiary/aromatic N) is 2. The lowest BCUT2D eigenvalue weighted by molar-refractivity contribution is 0.578. The molecule has 4 aliphatic rings. The van der Waals surface area contributed by atoms with Gasteiger partial charge in [0.25, 0.3) is 0 Å². The van der Waals surface area contributed by atoms with E-state index in [4.69, 9.17) is 0 Å². The summed E-state index contributed by atoms with van der Waals surface area (Å²) in [5, 5.41) is 5.28. The van der Waals surface area contributed by atoms with Gasteiger partial charge in [-0.05, 0) is 198 Å². The first-order valence-electron chi connectivity index (χ1n) is 25.5. The Kier molecular flexibility index (Phi) is 9.62. The molecular formula is C66H60N2. The van der Waals surface area contributed by atoms with E-state index in [9.17, 15) is 0 Å². The van der Waals surface area contributed by atoms with Gasteiger partial charge in [0.1, 0.15) is 0 Å². The third-order valence-corrected chi connectivity index (χ3v) is 16.7. The number of piperidine rings is 2. The second-order valence-corrected chi connectivity index (χ2v) is 21.3. The second-order valence-electron chi connectivity index (χ2n) is 21.3. The van der Waals surface area contributed by atoms with Crippen LogP contribution >= 0.6 is 0 Å². The van der Waals surface area contributed by atoms with Gasteiger partial charge in [0.15, 0.2) is 0 Å². The van der Waals surface area contributed by atoms with Crippen LogP contribution in [-0.4, -0.2) is 26.2 Å². The van der Waals surface area contributed by atoms with E-state index in [0.29, 0.717) is 0 Å². The maximum absolute atomic E-state index is 2.63. The summed E-state index contributed by atoms with van der Waals surface area (Å²) >= 11 is 0. The fourth-order valence-corrected chi connectivity index (χ4v) is 13.0. The zero-order valence-corrected chi connectivity index (χ0v) is 40.1. The molecule has 0 radical (unpaired) electrons. The lowest BCUT2D eigenvalue weighted by Crippen LogP contribution is -2.29. The molecule has 0 atom stereocenters. The van der Waals surface area contributed by atoms with Crippen molar-refractivity contribution >= 4 is 32.9 Å². The quantitative estimate of drug-likeness (QED) is 0.154. The molecular weight excluding hydrogens is 821 g/mol. The first-order valence-corrected chi connectivity index (χ1v) is 25.5. The number of anilines is 2. The molecule has 0 N–H and O–H groups in total. The summed E-state index contributed by atoms with van der Waals surface area (Å²) in [6.07, 6.45) is 7.61. The molecule has 2 nitrogen and oxygen atoms in total. The molecule has 2 saturated heterocycles. The third kappa shape index (κ3) is 6.51. The molecule has 0 saturated carbocycles. The molecule has 2 aliphatic carbocycles. The molecule has 0 aromatic heterocycles. The molecule has 2 aliphatic heterocycles. The molecule has 0 amide bonds. The highest BCUT2D eigenvalue weighted by molar-refractivity contribution is 6.22. The summed E-state index contributed by atoms with van der Waals surface area (Å²) in [7, 11) is 0. The average molecular weight is 881 g/mol. The van der Waals surface area contributed by atoms with Gasteiger partial charge in [0.2, 0.25) is 0 Å². The molecule has 2 heteroatoms. The Morgan fingerprint density at radius 1 is 0.294 bits per heavy atom. The van der Waals surface area contributed by atoms with Crippen LogP contribution in [0.15, 0.2) is 170 Å². The molecule has 9 aromatic rings. The lowest BCUT2D eigenvalue weighted by Gasteiger charge is -2.30. The van der Waals surface area contributed by atoms with Crippen molar-refractivity contribution in [1.82, 2.24) is 0 Å². The van der Waals surface area contributed by atoms with Crippen LogP contribution in [-0.2, 0) is 10.8 Å². The zero-order valence-electron chi connectivity index (χ0n) is 40.1. The van der Waals surface area contributed by atoms with Crippen molar-refractivity contribution in [3.8, 4) is 66.8 Å². The van der Waals surface area contributed by atoms with Gasteiger partial charge >= 0.3 is 0 Å². The van der Waals surface area contributed by atoms with Crippen molar-refractivity contribution in [2.75, 3.05) is 36.0 Å². The summed E-state index contributed by atoms with van der Waals surface area (Å²) in [6, 6.07) is 66.1. The van der Waals surface area contributed by atoms with E-state index in [0.717, 1.165) is 26.2 Å². The molecule has 0 bridgehead atoms. The summed E-state index contributed by atoms with van der Waals surface area (Å²) in [5.74, 6) is 0. The van der Waals surface area contributed by atoms with Crippen LogP contribution in [0, 0.1) is 0 Å². The van der Waals surface area contributed by atoms with Crippen molar-refractivity contribution in [1.29, 1.82) is 0 Å². The van der Waals surface area contributed by atoms with Crippen LogP contribution in [0.3, 0.4) is 0 Å². The summed E-state index contributed by atoms with van der Waals surface area (Å²) in [6.45, 7) is 14.0. The molecule has 9 aromatic carbocycles. The minimum Gasteiger partial charge on any atom is -0.372 e. The van der Waals surface area contributed by atoms with Crippen molar-refractivity contribution in [3.63, 3.8) is 0 Å². The van der Waals surface area contributed by atoms with Gasteiger partial charge in [-0.2, -0.15) is 0 Å². The maximum atomic E-state index is 2.63. The van der Waals surface area contributed by atoms with Crippen molar-refractivity contribution in [2.45, 2.75) is 77.0 Å². The Balaban J connectivity index is 1.02. The van der Waals surface area contributed by atoms with Gasteiger partial charge in [0, 0.05) is 48.4 Å². The highest BCUT2D eigenvalue weighted by Gasteiger charge is 2.36. The fraction of sp³-hybridized carbons (Fsp3) is 0.242. The predicted molar refractivity (Wildman–Crippen MR) is 290 cm³/mol. The third-order valence-electron chi connectivity index (χ3n) is 16.7. The van der Waals surface area contributed by atoms with Crippen LogP contribution in [0.1, 0.15) is 88.5 Å². The lowest BCUT2D eigenvalue weighted by atomic mass is 9.81. The Morgan fingerprint density at radius 3 is 1.12 bits per heavy atom. The average Bonchev–Trinajstić information content (AvgIpc) is 3.76. The van der Waals surface area contributed by atoms with E-state index in [-0.39, 0.29) is 10.8 Å². The summed E-state index contributed by atoms with van der Waals surface area (Å²) in [4.78, 5) is 5.26. The molecule has 68 heavy (non-hydrogen) atoms. The standard InChI is InChI=1S/C66H60N2/c1-65(2)59-23-9-7-21-51(59)53-29-25-45(39-61(53)65)43-17-15-19-47(37-43)63-55-31-27-50(68-35-13-6-14-36-68)42-58(55)64(56-32-28-49(41-57(56)63)67-33-11-5-12-34-67)48-20-16-18-44(38-48)46-26-30-54-52-22-8-10-24-60(52)66(3,4)62(54)40-46/h7-10,15-32,37-42H,5-6,11-14,33-36H2,1-4H3. The minimum absolute atomic E-state index is 0.0566. The summed E-state index contributed by atoms with van der Waals surface area (Å²) < 4.78 is 0. The molecule has 13 rings (SSSR count). The molecule has 334 valence electrons. The van der Waals surface area contributed by atoms with Crippen molar-refractivity contribution < 1.29 is 0 Å². The van der Waals surface area contributed by atoms with Crippen LogP contribution in [0.2, 0.25) is 0 Å². The molecule has 2 heterocycles. The van der Waals surface area contributed by atoms with Crippen molar-refractivity contribution in [2.24, 2.45) is 0 Å². The van der Waals surface area contributed by atoms with Gasteiger partial charge in [-0.15, -0.1) is 0 Å². The normalized spacial score (nSPS) is 16.7. The van der Waals surface area contributed by atoms with E-state index in [1.165, 1.54) is 160 Å². The molecule has 0 spiro atoms. The molecule has 0 unspecified atom stereocenters. The van der Waals surface area contributed by atoms with Crippen molar-refractivity contribution in [3.05, 3.63) is 192 Å². The summed E-state index contributed by atoms with van der Waals surface area (Å²) in [5.41, 5.74) is 23.9. The number of rotatable bonds is 6. The Hall–Kier alpha value is -6.90. The maximum Gasteiger partial charge on any atom is 0.0372 e. The van der Waals surface area contributed by atoms with Gasteiger partial charge in [-0.1, -0.05) is 149 Å². The number of fused-ring (bicyclic) bond motifs is 8. The monoisotopic (exact) mass is 880 g/mol. The van der Waals surface area contributed by atoms with Gasteiger partial charge in [-0.25, -0.2) is 0 Å². The van der Waals surface area contributed by atoms with Gasteiger partial charge < -0.3 is 9.80 Å². The number of benzene rings is 9. The minimum atomic E-state index is -0.0566. The topological polar surface area (TPSA) is 6.48 Å².